The second kappa shape index (κ2) is 10.3. The molecule has 10 heteroatoms. The van der Waals surface area contributed by atoms with Crippen LogP contribution >= 0.6 is 0 Å². The van der Waals surface area contributed by atoms with Crippen molar-refractivity contribution < 1.29 is 29.3 Å². The highest BCUT2D eigenvalue weighted by atomic mass is 16.5. The Kier molecular flexibility index (Phi) is 7.26. The van der Waals surface area contributed by atoms with Crippen LogP contribution in [-0.4, -0.2) is 94.4 Å². The highest BCUT2D eigenvalue weighted by Crippen LogP contribution is 2.31. The van der Waals surface area contributed by atoms with Crippen LogP contribution < -0.4 is 5.32 Å². The summed E-state index contributed by atoms with van der Waals surface area (Å²) in [6.07, 6.45) is 3.74. The van der Waals surface area contributed by atoms with Gasteiger partial charge in [0.25, 0.3) is 0 Å². The summed E-state index contributed by atoms with van der Waals surface area (Å²) in [6.45, 7) is 3.46. The molecule has 2 atom stereocenters. The molecule has 2 saturated heterocycles. The zero-order valence-corrected chi connectivity index (χ0v) is 18.5. The predicted molar refractivity (Wildman–Crippen MR) is 120 cm³/mol. The number of amides is 1. The summed E-state index contributed by atoms with van der Waals surface area (Å²) in [5.41, 5.74) is 1.28. The van der Waals surface area contributed by atoms with Gasteiger partial charge >= 0.3 is 11.9 Å². The minimum atomic E-state index is -0.986. The zero-order valence-electron chi connectivity index (χ0n) is 18.5. The van der Waals surface area contributed by atoms with E-state index in [4.69, 9.17) is 4.74 Å². The minimum Gasteiger partial charge on any atom is -0.480 e. The highest BCUT2D eigenvalue weighted by Gasteiger charge is 2.33. The molecule has 1 aromatic carbocycles. The van der Waals surface area contributed by atoms with Gasteiger partial charge in [-0.15, -0.1) is 0 Å². The SMILES string of the molecule is O=C(O)Cn1cc(C(C(=O)O)N2CCN(CC(=O)NCC3CCCO3)CC2)c2ccccc21. The maximum Gasteiger partial charge on any atom is 0.325 e. The third-order valence-corrected chi connectivity index (χ3v) is 6.34. The molecule has 3 N–H and O–H groups in total. The Morgan fingerprint density at radius 3 is 2.52 bits per heavy atom. The van der Waals surface area contributed by atoms with Gasteiger partial charge in [-0.05, 0) is 18.9 Å². The van der Waals surface area contributed by atoms with Crippen LogP contribution in [-0.2, 0) is 25.7 Å². The van der Waals surface area contributed by atoms with Gasteiger partial charge in [-0.3, -0.25) is 24.2 Å². The van der Waals surface area contributed by atoms with Crippen molar-refractivity contribution in [2.45, 2.75) is 31.5 Å². The summed E-state index contributed by atoms with van der Waals surface area (Å²) < 4.78 is 7.11. The van der Waals surface area contributed by atoms with Gasteiger partial charge in [-0.1, -0.05) is 18.2 Å². The first-order valence-corrected chi connectivity index (χ1v) is 11.3. The van der Waals surface area contributed by atoms with Crippen molar-refractivity contribution in [2.24, 2.45) is 0 Å². The first-order chi connectivity index (χ1) is 15.9. The third-order valence-electron chi connectivity index (χ3n) is 6.34. The smallest absolute Gasteiger partial charge is 0.325 e. The van der Waals surface area contributed by atoms with Gasteiger partial charge in [0.15, 0.2) is 0 Å². The molecule has 0 aliphatic carbocycles. The lowest BCUT2D eigenvalue weighted by Crippen LogP contribution is -2.51. The van der Waals surface area contributed by atoms with Crippen LogP contribution in [0, 0.1) is 0 Å². The molecule has 178 valence electrons. The molecule has 4 rings (SSSR count). The molecule has 1 amide bonds. The van der Waals surface area contributed by atoms with Crippen molar-refractivity contribution in [1.82, 2.24) is 19.7 Å². The van der Waals surface area contributed by atoms with E-state index in [1.165, 1.54) is 0 Å². The normalized spacial score (nSPS) is 20.7. The molecule has 10 nitrogen and oxygen atoms in total. The molecule has 0 saturated carbocycles. The van der Waals surface area contributed by atoms with E-state index in [-0.39, 0.29) is 25.1 Å². The maximum absolute atomic E-state index is 12.3. The summed E-state index contributed by atoms with van der Waals surface area (Å²) in [7, 11) is 0. The van der Waals surface area contributed by atoms with Crippen molar-refractivity contribution in [1.29, 1.82) is 0 Å². The van der Waals surface area contributed by atoms with E-state index >= 15 is 0 Å². The predicted octanol–water partition coefficient (Wildman–Crippen LogP) is 0.764. The van der Waals surface area contributed by atoms with Crippen molar-refractivity contribution in [3.63, 3.8) is 0 Å². The quantitative estimate of drug-likeness (QED) is 0.503. The monoisotopic (exact) mass is 458 g/mol. The molecule has 2 aliphatic heterocycles. The van der Waals surface area contributed by atoms with E-state index in [1.807, 2.05) is 28.0 Å². The number of aliphatic carboxylic acids is 2. The molecule has 3 heterocycles. The van der Waals surface area contributed by atoms with E-state index in [1.54, 1.807) is 16.8 Å². The number of carboxylic acids is 2. The fourth-order valence-electron chi connectivity index (χ4n) is 4.73. The zero-order chi connectivity index (χ0) is 23.4. The number of fused-ring (bicyclic) bond motifs is 1. The average Bonchev–Trinajstić information content (AvgIpc) is 3.42. The molecule has 33 heavy (non-hydrogen) atoms. The molecule has 0 radical (unpaired) electrons. The number of carbonyl (C=O) groups excluding carboxylic acids is 1. The minimum absolute atomic E-state index is 0.0505. The van der Waals surface area contributed by atoms with Crippen molar-refractivity contribution >= 4 is 28.7 Å². The Balaban J connectivity index is 1.40. The lowest BCUT2D eigenvalue weighted by Gasteiger charge is -2.37. The lowest BCUT2D eigenvalue weighted by molar-refractivity contribution is -0.144. The van der Waals surface area contributed by atoms with Crippen molar-refractivity contribution in [3.8, 4) is 0 Å². The maximum atomic E-state index is 12.3. The number of aromatic nitrogens is 1. The van der Waals surface area contributed by atoms with Gasteiger partial charge < -0.3 is 24.8 Å². The van der Waals surface area contributed by atoms with Crippen molar-refractivity contribution in [3.05, 3.63) is 36.0 Å². The number of carboxylic acid groups (broad SMARTS) is 2. The summed E-state index contributed by atoms with van der Waals surface area (Å²) in [5, 5.41) is 23.0. The van der Waals surface area contributed by atoms with Gasteiger partial charge in [-0.25, -0.2) is 0 Å². The van der Waals surface area contributed by atoms with E-state index in [0.717, 1.165) is 24.8 Å². The lowest BCUT2D eigenvalue weighted by atomic mass is 10.0. The van der Waals surface area contributed by atoms with Gasteiger partial charge in [-0.2, -0.15) is 0 Å². The first kappa shape index (κ1) is 23.2. The Hall–Kier alpha value is -2.95. The van der Waals surface area contributed by atoms with Gasteiger partial charge in [0.2, 0.25) is 5.91 Å². The van der Waals surface area contributed by atoms with E-state index in [0.29, 0.717) is 43.8 Å². The van der Waals surface area contributed by atoms with Gasteiger partial charge in [0.1, 0.15) is 12.6 Å². The number of hydrogen-bond acceptors (Lipinski definition) is 6. The molecular formula is C23H30N4O6. The van der Waals surface area contributed by atoms with Gasteiger partial charge in [0, 0.05) is 62.0 Å². The molecule has 0 bridgehead atoms. The van der Waals surface area contributed by atoms with Crippen molar-refractivity contribution in [2.75, 3.05) is 45.9 Å². The van der Waals surface area contributed by atoms with E-state index < -0.39 is 18.0 Å². The largest absolute Gasteiger partial charge is 0.480 e. The molecule has 0 spiro atoms. The van der Waals surface area contributed by atoms with Crippen LogP contribution in [0.3, 0.4) is 0 Å². The number of ether oxygens (including phenoxy) is 1. The molecule has 2 aliphatic rings. The number of para-hydroxylation sites is 1. The highest BCUT2D eigenvalue weighted by molar-refractivity contribution is 5.90. The van der Waals surface area contributed by atoms with Crippen LogP contribution in [0.15, 0.2) is 30.5 Å². The first-order valence-electron chi connectivity index (χ1n) is 11.3. The molecule has 2 aromatic rings. The molecular weight excluding hydrogens is 428 g/mol. The standard InChI is InChI=1S/C23H30N4O6/c28-20(24-12-16-4-3-11-33-16)14-25-7-9-26(10-8-25)22(23(31)32)18-13-27(15-21(29)30)19-6-2-1-5-17(18)19/h1-2,5-6,13,16,22H,3-4,7-12,14-15H2,(H,24,28)(H,29,30)(H,31,32). The second-order valence-corrected chi connectivity index (χ2v) is 8.62. The fraction of sp³-hybridized carbons (Fsp3) is 0.522. The van der Waals surface area contributed by atoms with Crippen LogP contribution in [0.25, 0.3) is 10.9 Å². The fourth-order valence-corrected chi connectivity index (χ4v) is 4.73. The summed E-state index contributed by atoms with van der Waals surface area (Å²) >= 11 is 0. The van der Waals surface area contributed by atoms with Crippen LogP contribution in [0.2, 0.25) is 0 Å². The van der Waals surface area contributed by atoms with Gasteiger partial charge in [0.05, 0.1) is 12.6 Å². The van der Waals surface area contributed by atoms with Crippen LogP contribution in [0.4, 0.5) is 0 Å². The van der Waals surface area contributed by atoms with Crippen LogP contribution in [0.1, 0.15) is 24.4 Å². The average molecular weight is 459 g/mol. The number of nitrogens with one attached hydrogen (secondary N) is 1. The number of nitrogens with zero attached hydrogens (tertiary/aromatic N) is 3. The number of rotatable bonds is 9. The molecule has 2 unspecified atom stereocenters. The summed E-state index contributed by atoms with van der Waals surface area (Å²) in [6, 6.07) is 6.37. The number of benzene rings is 1. The van der Waals surface area contributed by atoms with Crippen LogP contribution in [0.5, 0.6) is 0 Å². The molecule has 2 fully saturated rings. The third kappa shape index (κ3) is 5.52. The van der Waals surface area contributed by atoms with E-state index in [9.17, 15) is 24.6 Å². The Morgan fingerprint density at radius 1 is 1.09 bits per heavy atom. The number of hydrogen-bond donors (Lipinski definition) is 3. The second-order valence-electron chi connectivity index (χ2n) is 8.62. The summed E-state index contributed by atoms with van der Waals surface area (Å²) in [4.78, 5) is 39.8. The van der Waals surface area contributed by atoms with E-state index in [2.05, 4.69) is 5.32 Å². The Labute approximate surface area is 191 Å². The molecule has 1 aromatic heterocycles. The number of carbonyl (C=O) groups is 3. The Morgan fingerprint density at radius 2 is 1.85 bits per heavy atom. The number of piperazine rings is 1. The Bertz CT molecular complexity index is 1010. The summed E-state index contributed by atoms with van der Waals surface area (Å²) in [5.74, 6) is -2.01. The topological polar surface area (TPSA) is 124 Å².